The molecular weight excluding hydrogens is 377 g/mol. The molecule has 0 spiro atoms. The monoisotopic (exact) mass is 391 g/mol. The van der Waals surface area contributed by atoms with Gasteiger partial charge in [0.05, 0.1) is 11.6 Å². The fourth-order valence-electron chi connectivity index (χ4n) is 2.32. The van der Waals surface area contributed by atoms with Crippen molar-refractivity contribution in [2.75, 3.05) is 5.32 Å². The maximum atomic E-state index is 13.1. The minimum atomic E-state index is -0.560. The number of aliphatic imine (C=N–C) groups is 1. The van der Waals surface area contributed by atoms with Gasteiger partial charge in [0.25, 0.3) is 0 Å². The topological polar surface area (TPSA) is 70.6 Å². The van der Waals surface area contributed by atoms with Gasteiger partial charge in [0.2, 0.25) is 11.8 Å². The van der Waals surface area contributed by atoms with Crippen LogP contribution in [0.1, 0.15) is 12.0 Å². The summed E-state index contributed by atoms with van der Waals surface area (Å²) < 4.78 is 13.1. The van der Waals surface area contributed by atoms with Crippen LogP contribution in [-0.2, 0) is 16.1 Å². The van der Waals surface area contributed by atoms with E-state index in [0.717, 1.165) is 5.56 Å². The summed E-state index contributed by atoms with van der Waals surface area (Å²) in [6.45, 7) is 0.455. The van der Waals surface area contributed by atoms with Gasteiger partial charge in [-0.15, -0.1) is 0 Å². The Balaban J connectivity index is 1.55. The number of nitrogens with zero attached hydrogens (tertiary/aromatic N) is 1. The molecule has 1 heterocycles. The van der Waals surface area contributed by atoms with Gasteiger partial charge >= 0.3 is 0 Å². The molecule has 1 atom stereocenters. The summed E-state index contributed by atoms with van der Waals surface area (Å²) in [5, 5.41) is 5.16. The summed E-state index contributed by atoms with van der Waals surface area (Å²) >= 11 is 6.91. The van der Waals surface area contributed by atoms with E-state index in [1.54, 1.807) is 0 Å². The average molecular weight is 392 g/mol. The zero-order chi connectivity index (χ0) is 18.5. The van der Waals surface area contributed by atoms with Gasteiger partial charge in [-0.3, -0.25) is 14.6 Å². The first kappa shape index (κ1) is 18.4. The lowest BCUT2D eigenvalue weighted by molar-refractivity contribution is -0.122. The Kier molecular flexibility index (Phi) is 5.90. The third-order valence-electron chi connectivity index (χ3n) is 3.60. The second-order valence-corrected chi connectivity index (χ2v) is 7.18. The molecule has 3 rings (SSSR count). The Morgan fingerprint density at radius 1 is 1.27 bits per heavy atom. The highest BCUT2D eigenvalue weighted by Gasteiger charge is 2.32. The molecule has 2 amide bonds. The smallest absolute Gasteiger partial charge is 0.240 e. The van der Waals surface area contributed by atoms with Crippen LogP contribution in [0, 0.1) is 5.82 Å². The van der Waals surface area contributed by atoms with Crippen molar-refractivity contribution in [1.82, 2.24) is 5.32 Å². The predicted octanol–water partition coefficient (Wildman–Crippen LogP) is 3.60. The van der Waals surface area contributed by atoms with Gasteiger partial charge in [-0.05, 0) is 23.8 Å². The number of carbonyl (C=O) groups excluding carboxylic acids is 2. The summed E-state index contributed by atoms with van der Waals surface area (Å²) in [5.41, 5.74) is 1.41. The molecule has 2 aromatic carbocycles. The molecule has 8 heteroatoms. The number of amides is 2. The second kappa shape index (κ2) is 8.33. The summed E-state index contributed by atoms with van der Waals surface area (Å²) in [6, 6.07) is 13.6. The van der Waals surface area contributed by atoms with E-state index in [9.17, 15) is 14.0 Å². The van der Waals surface area contributed by atoms with Gasteiger partial charge in [0, 0.05) is 12.1 Å². The maximum absolute atomic E-state index is 13.1. The molecule has 2 N–H and O–H groups in total. The van der Waals surface area contributed by atoms with E-state index in [4.69, 9.17) is 11.6 Å². The number of amidine groups is 1. The quantitative estimate of drug-likeness (QED) is 0.818. The van der Waals surface area contributed by atoms with E-state index in [2.05, 4.69) is 15.6 Å². The largest absolute Gasteiger partial charge is 0.326 e. The molecule has 2 aromatic rings. The molecule has 0 bridgehead atoms. The molecule has 134 valence electrons. The van der Waals surface area contributed by atoms with E-state index in [1.165, 1.54) is 30.0 Å². The molecule has 0 radical (unpaired) electrons. The van der Waals surface area contributed by atoms with Crippen LogP contribution in [0.2, 0.25) is 5.02 Å². The molecule has 1 aliphatic rings. The van der Waals surface area contributed by atoms with Crippen LogP contribution in [0.15, 0.2) is 53.5 Å². The molecule has 0 unspecified atom stereocenters. The van der Waals surface area contributed by atoms with Crippen molar-refractivity contribution in [1.29, 1.82) is 0 Å². The molecule has 1 aliphatic heterocycles. The summed E-state index contributed by atoms with van der Waals surface area (Å²) in [4.78, 5) is 28.5. The van der Waals surface area contributed by atoms with Gasteiger partial charge < -0.3 is 10.6 Å². The van der Waals surface area contributed by atoms with Crippen LogP contribution in [0.3, 0.4) is 0 Å². The molecule has 26 heavy (non-hydrogen) atoms. The molecule has 0 aromatic heterocycles. The Morgan fingerprint density at radius 2 is 2.04 bits per heavy atom. The van der Waals surface area contributed by atoms with Crippen LogP contribution < -0.4 is 10.6 Å². The minimum absolute atomic E-state index is 0.0180. The normalized spacial score (nSPS) is 18.0. The number of hydrogen-bond donors (Lipinski definition) is 2. The molecule has 1 fully saturated rings. The number of anilines is 1. The van der Waals surface area contributed by atoms with E-state index in [1.807, 2.05) is 30.3 Å². The van der Waals surface area contributed by atoms with Gasteiger partial charge in [-0.1, -0.05) is 53.7 Å². The highest BCUT2D eigenvalue weighted by molar-refractivity contribution is 8.15. The van der Waals surface area contributed by atoms with Crippen molar-refractivity contribution in [2.24, 2.45) is 4.99 Å². The highest BCUT2D eigenvalue weighted by Crippen LogP contribution is 2.24. The first-order chi connectivity index (χ1) is 12.5. The first-order valence-corrected chi connectivity index (χ1v) is 9.08. The fourth-order valence-corrected chi connectivity index (χ4v) is 3.46. The van der Waals surface area contributed by atoms with Gasteiger partial charge in [-0.2, -0.15) is 0 Å². The van der Waals surface area contributed by atoms with Crippen LogP contribution in [0.25, 0.3) is 0 Å². The van der Waals surface area contributed by atoms with Crippen molar-refractivity contribution in [3.05, 3.63) is 64.9 Å². The molecule has 0 aliphatic carbocycles. The van der Waals surface area contributed by atoms with Gasteiger partial charge in [0.15, 0.2) is 5.17 Å². The van der Waals surface area contributed by atoms with Crippen LogP contribution in [0.4, 0.5) is 10.1 Å². The Bertz CT molecular complexity index is 861. The Morgan fingerprint density at radius 3 is 2.77 bits per heavy atom. The summed E-state index contributed by atoms with van der Waals surface area (Å²) in [6.07, 6.45) is -0.0180. The Labute approximate surface area is 159 Å². The van der Waals surface area contributed by atoms with Crippen molar-refractivity contribution < 1.29 is 14.0 Å². The van der Waals surface area contributed by atoms with Crippen molar-refractivity contribution >= 4 is 46.0 Å². The summed E-state index contributed by atoms with van der Waals surface area (Å²) in [5.74, 6) is -1.17. The SMILES string of the molecule is O=C(C[C@@H]1SC(=NCc2ccccc2)NC1=O)Nc1ccc(F)c(Cl)c1. The number of nitrogens with one attached hydrogen (secondary N) is 2. The maximum Gasteiger partial charge on any atom is 0.240 e. The van der Waals surface area contributed by atoms with Gasteiger partial charge in [-0.25, -0.2) is 4.39 Å². The van der Waals surface area contributed by atoms with Crippen LogP contribution >= 0.6 is 23.4 Å². The van der Waals surface area contributed by atoms with E-state index >= 15 is 0 Å². The number of rotatable bonds is 5. The molecule has 1 saturated heterocycles. The minimum Gasteiger partial charge on any atom is -0.326 e. The van der Waals surface area contributed by atoms with E-state index < -0.39 is 11.1 Å². The highest BCUT2D eigenvalue weighted by atomic mass is 35.5. The van der Waals surface area contributed by atoms with Crippen LogP contribution in [0.5, 0.6) is 0 Å². The Hall–Kier alpha value is -2.38. The lowest BCUT2D eigenvalue weighted by Gasteiger charge is -2.08. The number of benzene rings is 2. The number of carbonyl (C=O) groups is 2. The third-order valence-corrected chi connectivity index (χ3v) is 5.01. The van der Waals surface area contributed by atoms with E-state index in [0.29, 0.717) is 17.4 Å². The average Bonchev–Trinajstić information content (AvgIpc) is 2.97. The van der Waals surface area contributed by atoms with Crippen molar-refractivity contribution in [3.8, 4) is 0 Å². The van der Waals surface area contributed by atoms with Crippen LogP contribution in [-0.4, -0.2) is 22.2 Å². The lowest BCUT2D eigenvalue weighted by Crippen LogP contribution is -2.28. The second-order valence-electron chi connectivity index (χ2n) is 5.58. The van der Waals surface area contributed by atoms with Crippen molar-refractivity contribution in [2.45, 2.75) is 18.2 Å². The van der Waals surface area contributed by atoms with E-state index in [-0.39, 0.29) is 23.3 Å². The molecule has 5 nitrogen and oxygen atoms in total. The zero-order valence-corrected chi connectivity index (χ0v) is 15.1. The van der Waals surface area contributed by atoms with Crippen molar-refractivity contribution in [3.63, 3.8) is 0 Å². The fraction of sp³-hybridized carbons (Fsp3) is 0.167. The number of hydrogen-bond acceptors (Lipinski definition) is 4. The number of halogens is 2. The summed E-state index contributed by atoms with van der Waals surface area (Å²) in [7, 11) is 0. The molecular formula is C18H15ClFN3O2S. The lowest BCUT2D eigenvalue weighted by atomic mass is 10.2. The third kappa shape index (κ3) is 4.83. The zero-order valence-electron chi connectivity index (χ0n) is 13.5. The predicted molar refractivity (Wildman–Crippen MR) is 102 cm³/mol. The number of thioether (sulfide) groups is 1. The standard InChI is InChI=1S/C18H15ClFN3O2S/c19-13-8-12(6-7-14(13)20)22-16(24)9-15-17(25)23-18(26-15)21-10-11-4-2-1-3-5-11/h1-8,15H,9-10H2,(H,22,24)(H,21,23,25)/t15-/m0/s1. The first-order valence-electron chi connectivity index (χ1n) is 7.82. The van der Waals surface area contributed by atoms with Gasteiger partial charge in [0.1, 0.15) is 11.1 Å². The molecule has 0 saturated carbocycles.